The lowest BCUT2D eigenvalue weighted by Gasteiger charge is -2.30. The molecule has 0 aliphatic heterocycles. The van der Waals surface area contributed by atoms with Gasteiger partial charge in [-0.2, -0.15) is 0 Å². The molecule has 144 valence electrons. The molecular weight excluding hydrogens is 352 g/mol. The van der Waals surface area contributed by atoms with Crippen molar-refractivity contribution in [3.05, 3.63) is 39.5 Å². The second-order valence-corrected chi connectivity index (χ2v) is 7.25. The number of hydrogen-bond donors (Lipinski definition) is 1. The van der Waals surface area contributed by atoms with Crippen molar-refractivity contribution in [2.75, 3.05) is 12.4 Å². The van der Waals surface area contributed by atoms with Crippen LogP contribution in [0.25, 0.3) is 0 Å². The van der Waals surface area contributed by atoms with E-state index in [1.165, 1.54) is 25.3 Å². The highest BCUT2D eigenvalue weighted by Crippen LogP contribution is 2.57. The SMILES string of the molecule is COc1ccc([N+](=O)[O-])cc1NC(=O)[C@H]1[C@@H](C(=O)[O-])[C@H]2CC[C@@H]1C2=C(C)C. The van der Waals surface area contributed by atoms with Crippen LogP contribution in [-0.4, -0.2) is 23.9 Å². The van der Waals surface area contributed by atoms with E-state index >= 15 is 0 Å². The van der Waals surface area contributed by atoms with E-state index in [2.05, 4.69) is 5.32 Å². The number of allylic oxidation sites excluding steroid dienone is 2. The molecule has 1 aromatic carbocycles. The van der Waals surface area contributed by atoms with Gasteiger partial charge in [0.1, 0.15) is 5.75 Å². The fourth-order valence-electron chi connectivity index (χ4n) is 4.71. The Balaban J connectivity index is 1.94. The van der Waals surface area contributed by atoms with Crippen LogP contribution in [0.15, 0.2) is 29.3 Å². The van der Waals surface area contributed by atoms with Crippen molar-refractivity contribution >= 4 is 23.3 Å². The topological polar surface area (TPSA) is 122 Å². The maximum Gasteiger partial charge on any atom is 0.271 e. The number of carboxylic acid groups (broad SMARTS) is 1. The second-order valence-electron chi connectivity index (χ2n) is 7.25. The quantitative estimate of drug-likeness (QED) is 0.478. The van der Waals surface area contributed by atoms with Crippen LogP contribution in [-0.2, 0) is 9.59 Å². The van der Waals surface area contributed by atoms with Crippen LogP contribution in [0.3, 0.4) is 0 Å². The summed E-state index contributed by atoms with van der Waals surface area (Å²) in [6.45, 7) is 3.85. The van der Waals surface area contributed by atoms with Gasteiger partial charge in [-0.05, 0) is 44.6 Å². The van der Waals surface area contributed by atoms with Crippen molar-refractivity contribution in [3.63, 3.8) is 0 Å². The molecule has 27 heavy (non-hydrogen) atoms. The predicted molar refractivity (Wildman–Crippen MR) is 94.9 cm³/mol. The van der Waals surface area contributed by atoms with Gasteiger partial charge >= 0.3 is 0 Å². The first-order valence-electron chi connectivity index (χ1n) is 8.77. The summed E-state index contributed by atoms with van der Waals surface area (Å²) < 4.78 is 5.16. The molecule has 1 N–H and O–H groups in total. The minimum Gasteiger partial charge on any atom is -0.550 e. The predicted octanol–water partition coefficient (Wildman–Crippen LogP) is 1.90. The third kappa shape index (κ3) is 3.15. The molecule has 0 saturated heterocycles. The number of benzene rings is 1. The number of carbonyl (C=O) groups is 2. The Morgan fingerprint density at radius 3 is 2.33 bits per heavy atom. The van der Waals surface area contributed by atoms with Crippen molar-refractivity contribution in [3.8, 4) is 5.75 Å². The number of nitro groups is 1. The minimum absolute atomic E-state index is 0.146. The number of carboxylic acids is 1. The molecule has 0 heterocycles. The number of ether oxygens (including phenoxy) is 1. The highest BCUT2D eigenvalue weighted by Gasteiger charge is 2.54. The fourth-order valence-corrected chi connectivity index (χ4v) is 4.71. The molecule has 2 saturated carbocycles. The number of hydrogen-bond acceptors (Lipinski definition) is 6. The number of amides is 1. The number of fused-ring (bicyclic) bond motifs is 2. The molecule has 8 nitrogen and oxygen atoms in total. The van der Waals surface area contributed by atoms with Crippen LogP contribution < -0.4 is 15.2 Å². The van der Waals surface area contributed by atoms with Gasteiger partial charge in [0.15, 0.2) is 0 Å². The number of anilines is 1. The van der Waals surface area contributed by atoms with Crippen LogP contribution in [0.5, 0.6) is 5.75 Å². The van der Waals surface area contributed by atoms with E-state index in [-0.39, 0.29) is 29.0 Å². The molecule has 2 aliphatic carbocycles. The van der Waals surface area contributed by atoms with Crippen molar-refractivity contribution < 1.29 is 24.4 Å². The minimum atomic E-state index is -1.23. The van der Waals surface area contributed by atoms with Gasteiger partial charge in [0, 0.05) is 24.0 Å². The number of nitrogens with zero attached hydrogens (tertiary/aromatic N) is 1. The third-order valence-electron chi connectivity index (χ3n) is 5.65. The Kier molecular flexibility index (Phi) is 4.91. The van der Waals surface area contributed by atoms with E-state index in [1.807, 2.05) is 13.8 Å². The Morgan fingerprint density at radius 2 is 1.81 bits per heavy atom. The van der Waals surface area contributed by atoms with Gasteiger partial charge in [-0.3, -0.25) is 14.9 Å². The Labute approximate surface area is 156 Å². The monoisotopic (exact) mass is 373 g/mol. The van der Waals surface area contributed by atoms with E-state index in [4.69, 9.17) is 4.74 Å². The summed E-state index contributed by atoms with van der Waals surface area (Å²) in [6, 6.07) is 3.88. The molecule has 1 aromatic rings. The lowest BCUT2D eigenvalue weighted by molar-refractivity contribution is -0.384. The van der Waals surface area contributed by atoms with Crippen LogP contribution in [0.4, 0.5) is 11.4 Å². The molecular formula is C19H21N2O6-. The Hall–Kier alpha value is -2.90. The van der Waals surface area contributed by atoms with E-state index in [1.54, 1.807) is 0 Å². The largest absolute Gasteiger partial charge is 0.550 e. The summed E-state index contributed by atoms with van der Waals surface area (Å²) in [7, 11) is 1.39. The van der Waals surface area contributed by atoms with Crippen LogP contribution >= 0.6 is 0 Å². The molecule has 2 fully saturated rings. The van der Waals surface area contributed by atoms with Crippen molar-refractivity contribution in [1.29, 1.82) is 0 Å². The third-order valence-corrected chi connectivity index (χ3v) is 5.65. The molecule has 0 spiro atoms. The summed E-state index contributed by atoms with van der Waals surface area (Å²) in [6.07, 6.45) is 1.48. The van der Waals surface area contributed by atoms with E-state index in [0.29, 0.717) is 0 Å². The molecule has 0 unspecified atom stereocenters. The van der Waals surface area contributed by atoms with Gasteiger partial charge in [0.25, 0.3) is 5.69 Å². The molecule has 1 amide bonds. The summed E-state index contributed by atoms with van der Waals surface area (Å²) in [5.41, 5.74) is 2.03. The molecule has 2 bridgehead atoms. The molecule has 2 aliphatic rings. The Morgan fingerprint density at radius 1 is 1.19 bits per heavy atom. The van der Waals surface area contributed by atoms with Gasteiger partial charge in [-0.15, -0.1) is 0 Å². The van der Waals surface area contributed by atoms with Gasteiger partial charge in [0.05, 0.1) is 23.6 Å². The summed E-state index contributed by atoms with van der Waals surface area (Å²) in [5.74, 6) is -3.42. The van der Waals surface area contributed by atoms with Crippen LogP contribution in [0.1, 0.15) is 26.7 Å². The van der Waals surface area contributed by atoms with E-state index in [0.717, 1.165) is 24.0 Å². The van der Waals surface area contributed by atoms with Gasteiger partial charge in [0.2, 0.25) is 5.91 Å². The number of aliphatic carboxylic acids is 1. The average molecular weight is 373 g/mol. The molecule has 4 atom stereocenters. The normalized spacial score (nSPS) is 26.0. The fraction of sp³-hybridized carbons (Fsp3) is 0.474. The number of nitro benzene ring substituents is 1. The maximum absolute atomic E-state index is 13.0. The number of carbonyl (C=O) groups excluding carboxylic acids is 2. The molecule has 0 radical (unpaired) electrons. The van der Waals surface area contributed by atoms with Crippen molar-refractivity contribution in [2.45, 2.75) is 26.7 Å². The van der Waals surface area contributed by atoms with Gasteiger partial charge in [-0.1, -0.05) is 11.1 Å². The molecule has 3 rings (SSSR count). The average Bonchev–Trinajstić information content (AvgIpc) is 3.17. The van der Waals surface area contributed by atoms with Gasteiger partial charge < -0.3 is 20.0 Å². The maximum atomic E-state index is 13.0. The number of nitrogens with one attached hydrogen (secondary N) is 1. The zero-order chi connectivity index (χ0) is 19.9. The molecule has 8 heteroatoms. The lowest BCUT2D eigenvalue weighted by Crippen LogP contribution is -2.44. The highest BCUT2D eigenvalue weighted by molar-refractivity contribution is 5.97. The summed E-state index contributed by atoms with van der Waals surface area (Å²) >= 11 is 0. The first-order valence-corrected chi connectivity index (χ1v) is 8.77. The lowest BCUT2D eigenvalue weighted by atomic mass is 9.78. The summed E-state index contributed by atoms with van der Waals surface area (Å²) in [4.78, 5) is 35.2. The van der Waals surface area contributed by atoms with E-state index in [9.17, 15) is 24.8 Å². The number of rotatable bonds is 5. The van der Waals surface area contributed by atoms with Crippen molar-refractivity contribution in [2.24, 2.45) is 23.7 Å². The highest BCUT2D eigenvalue weighted by atomic mass is 16.6. The van der Waals surface area contributed by atoms with Crippen LogP contribution in [0.2, 0.25) is 0 Å². The molecule has 0 aromatic heterocycles. The first-order chi connectivity index (χ1) is 12.8. The van der Waals surface area contributed by atoms with Crippen molar-refractivity contribution in [1.82, 2.24) is 0 Å². The van der Waals surface area contributed by atoms with Crippen LogP contribution in [0, 0.1) is 33.8 Å². The number of methoxy groups -OCH3 is 1. The zero-order valence-electron chi connectivity index (χ0n) is 15.4. The smallest absolute Gasteiger partial charge is 0.271 e. The second kappa shape index (κ2) is 7.02. The standard InChI is InChI=1S/C19H22N2O6/c1-9(2)15-11-5-6-12(15)17(19(23)24)16(11)18(22)20-13-8-10(21(25)26)4-7-14(13)27-3/h4,7-8,11-12,16-17H,5-6H2,1-3H3,(H,20,22)(H,23,24)/p-1/t11-,12+,16-,17+/m1/s1. The van der Waals surface area contributed by atoms with E-state index < -0.39 is 28.6 Å². The summed E-state index contributed by atoms with van der Waals surface area (Å²) in [5, 5.41) is 25.4. The van der Waals surface area contributed by atoms with Gasteiger partial charge in [-0.25, -0.2) is 0 Å². The zero-order valence-corrected chi connectivity index (χ0v) is 15.4. The Bertz CT molecular complexity index is 843. The first kappa shape index (κ1) is 18.9. The number of non-ortho nitro benzene ring substituents is 1.